The highest BCUT2D eigenvalue weighted by atomic mass is 32.2. The van der Waals surface area contributed by atoms with E-state index in [-0.39, 0.29) is 0 Å². The van der Waals surface area contributed by atoms with Crippen molar-refractivity contribution >= 4 is 11.8 Å². The van der Waals surface area contributed by atoms with Crippen LogP contribution in [0.4, 0.5) is 0 Å². The topological polar surface area (TPSA) is 39.9 Å². The van der Waals surface area contributed by atoms with E-state index >= 15 is 0 Å². The number of thioether (sulfide) groups is 1. The first-order chi connectivity index (χ1) is 8.27. The number of nitrogens with zero attached hydrogens (tertiary/aromatic N) is 3. The lowest BCUT2D eigenvalue weighted by molar-refractivity contribution is 0.00345. The summed E-state index contributed by atoms with van der Waals surface area (Å²) in [6, 6.07) is 0. The Morgan fingerprint density at radius 2 is 2.29 bits per heavy atom. The molecule has 96 valence electrons. The third kappa shape index (κ3) is 3.71. The van der Waals surface area contributed by atoms with Crippen molar-refractivity contribution in [2.45, 2.75) is 43.9 Å². The number of ether oxygens (including phenoxy) is 1. The molecule has 1 aromatic rings. The molecule has 1 saturated carbocycles. The third-order valence-electron chi connectivity index (χ3n) is 3.35. The van der Waals surface area contributed by atoms with Crippen LogP contribution in [0.2, 0.25) is 0 Å². The highest BCUT2D eigenvalue weighted by molar-refractivity contribution is 7.99. The molecule has 2 rings (SSSR count). The molecular weight excluding hydrogens is 234 g/mol. The summed E-state index contributed by atoms with van der Waals surface area (Å²) in [5.41, 5.74) is 0. The van der Waals surface area contributed by atoms with E-state index in [4.69, 9.17) is 4.74 Å². The summed E-state index contributed by atoms with van der Waals surface area (Å²) < 4.78 is 7.89. The molecule has 4 nitrogen and oxygen atoms in total. The first-order valence-corrected chi connectivity index (χ1v) is 7.34. The van der Waals surface area contributed by atoms with E-state index < -0.39 is 0 Å². The van der Waals surface area contributed by atoms with Gasteiger partial charge in [0.15, 0.2) is 5.16 Å². The number of aromatic nitrogens is 3. The molecule has 1 fully saturated rings. The zero-order valence-corrected chi connectivity index (χ0v) is 11.4. The third-order valence-corrected chi connectivity index (χ3v) is 4.35. The second kappa shape index (κ2) is 6.40. The summed E-state index contributed by atoms with van der Waals surface area (Å²) in [7, 11) is 1.96. The maximum atomic E-state index is 5.96. The van der Waals surface area contributed by atoms with Crippen LogP contribution in [0, 0.1) is 5.92 Å². The Bertz CT molecular complexity index is 342. The maximum Gasteiger partial charge on any atom is 0.190 e. The van der Waals surface area contributed by atoms with Crippen molar-refractivity contribution in [2.24, 2.45) is 13.0 Å². The molecule has 1 aromatic heterocycles. The van der Waals surface area contributed by atoms with Gasteiger partial charge in [-0.3, -0.25) is 0 Å². The molecule has 0 spiro atoms. The van der Waals surface area contributed by atoms with Gasteiger partial charge in [0.25, 0.3) is 0 Å². The molecule has 0 aliphatic heterocycles. The fourth-order valence-corrected chi connectivity index (χ4v) is 2.98. The summed E-state index contributed by atoms with van der Waals surface area (Å²) in [4.78, 5) is 0. The predicted octanol–water partition coefficient (Wildman–Crippen LogP) is 2.50. The van der Waals surface area contributed by atoms with E-state index in [9.17, 15) is 0 Å². The SMILES string of the molecule is CC1CCCCC1OCCSc1nncn1C. The molecule has 17 heavy (non-hydrogen) atoms. The highest BCUT2D eigenvalue weighted by Crippen LogP contribution is 2.26. The number of rotatable bonds is 5. The summed E-state index contributed by atoms with van der Waals surface area (Å²) >= 11 is 1.71. The van der Waals surface area contributed by atoms with Gasteiger partial charge < -0.3 is 9.30 Å². The molecule has 0 saturated heterocycles. The molecule has 1 aliphatic carbocycles. The van der Waals surface area contributed by atoms with Crippen LogP contribution in [-0.4, -0.2) is 33.2 Å². The van der Waals surface area contributed by atoms with Crippen molar-refractivity contribution in [3.8, 4) is 0 Å². The minimum absolute atomic E-state index is 0.476. The van der Waals surface area contributed by atoms with Gasteiger partial charge in [-0.05, 0) is 18.8 Å². The molecule has 2 unspecified atom stereocenters. The second-order valence-corrected chi connectivity index (χ2v) is 5.81. The largest absolute Gasteiger partial charge is 0.377 e. The van der Waals surface area contributed by atoms with Gasteiger partial charge in [-0.1, -0.05) is 31.5 Å². The van der Waals surface area contributed by atoms with Gasteiger partial charge in [0.2, 0.25) is 0 Å². The summed E-state index contributed by atoms with van der Waals surface area (Å²) in [5.74, 6) is 1.68. The lowest BCUT2D eigenvalue weighted by Gasteiger charge is -2.28. The van der Waals surface area contributed by atoms with Crippen LogP contribution in [0.15, 0.2) is 11.5 Å². The van der Waals surface area contributed by atoms with Crippen molar-refractivity contribution < 1.29 is 4.74 Å². The average molecular weight is 255 g/mol. The van der Waals surface area contributed by atoms with Gasteiger partial charge in [0.05, 0.1) is 12.7 Å². The lowest BCUT2D eigenvalue weighted by Crippen LogP contribution is -2.26. The standard InChI is InChI=1S/C12H21N3OS/c1-10-5-3-4-6-11(10)16-7-8-17-12-14-13-9-15(12)2/h9-11H,3-8H2,1-2H3. The average Bonchev–Trinajstić information content (AvgIpc) is 2.73. The number of hydrogen-bond donors (Lipinski definition) is 0. The van der Waals surface area contributed by atoms with Crippen LogP contribution in [0.3, 0.4) is 0 Å². The van der Waals surface area contributed by atoms with Crippen molar-refractivity contribution in [1.29, 1.82) is 0 Å². The normalized spacial score (nSPS) is 25.1. The summed E-state index contributed by atoms with van der Waals surface area (Å²) in [5, 5.41) is 8.85. The molecule has 0 aromatic carbocycles. The van der Waals surface area contributed by atoms with Gasteiger partial charge in [-0.15, -0.1) is 10.2 Å². The predicted molar refractivity (Wildman–Crippen MR) is 69.1 cm³/mol. The molecular formula is C12H21N3OS. The molecule has 0 radical (unpaired) electrons. The quantitative estimate of drug-likeness (QED) is 0.598. The molecule has 0 bridgehead atoms. The molecule has 1 aliphatic rings. The molecule has 1 heterocycles. The fourth-order valence-electron chi connectivity index (χ4n) is 2.27. The van der Waals surface area contributed by atoms with Crippen LogP contribution >= 0.6 is 11.8 Å². The molecule has 0 N–H and O–H groups in total. The summed E-state index contributed by atoms with van der Waals surface area (Å²) in [6.45, 7) is 3.12. The maximum absolute atomic E-state index is 5.96. The Hall–Kier alpha value is -0.550. The number of hydrogen-bond acceptors (Lipinski definition) is 4. The van der Waals surface area contributed by atoms with Gasteiger partial charge in [-0.2, -0.15) is 0 Å². The zero-order chi connectivity index (χ0) is 12.1. The Labute approximate surface area is 107 Å². The Morgan fingerprint density at radius 3 is 3.00 bits per heavy atom. The Morgan fingerprint density at radius 1 is 1.47 bits per heavy atom. The molecule has 2 atom stereocenters. The van der Waals surface area contributed by atoms with Crippen LogP contribution in [0.5, 0.6) is 0 Å². The first-order valence-electron chi connectivity index (χ1n) is 6.36. The lowest BCUT2D eigenvalue weighted by atomic mass is 9.88. The monoisotopic (exact) mass is 255 g/mol. The smallest absolute Gasteiger partial charge is 0.190 e. The molecule has 5 heteroatoms. The van der Waals surface area contributed by atoms with E-state index in [0.717, 1.165) is 23.4 Å². The van der Waals surface area contributed by atoms with Crippen molar-refractivity contribution in [3.63, 3.8) is 0 Å². The van der Waals surface area contributed by atoms with Crippen LogP contribution in [0.1, 0.15) is 32.6 Å². The minimum Gasteiger partial charge on any atom is -0.377 e. The summed E-state index contributed by atoms with van der Waals surface area (Å²) in [6.07, 6.45) is 7.45. The van der Waals surface area contributed by atoms with E-state index in [1.165, 1.54) is 25.7 Å². The van der Waals surface area contributed by atoms with Crippen molar-refractivity contribution in [2.75, 3.05) is 12.4 Å². The van der Waals surface area contributed by atoms with Gasteiger partial charge >= 0.3 is 0 Å². The second-order valence-electron chi connectivity index (χ2n) is 4.74. The van der Waals surface area contributed by atoms with Crippen molar-refractivity contribution in [3.05, 3.63) is 6.33 Å². The number of aryl methyl sites for hydroxylation is 1. The minimum atomic E-state index is 0.476. The molecule has 0 amide bonds. The van der Waals surface area contributed by atoms with Gasteiger partial charge in [-0.25, -0.2) is 0 Å². The van der Waals surface area contributed by atoms with Gasteiger partial charge in [0, 0.05) is 12.8 Å². The first kappa shape index (κ1) is 12.9. The Balaban J connectivity index is 1.64. The highest BCUT2D eigenvalue weighted by Gasteiger charge is 2.21. The van der Waals surface area contributed by atoms with Crippen molar-refractivity contribution in [1.82, 2.24) is 14.8 Å². The van der Waals surface area contributed by atoms with E-state index in [1.807, 2.05) is 11.6 Å². The Kier molecular flexibility index (Phi) is 4.86. The van der Waals surface area contributed by atoms with Crippen LogP contribution < -0.4 is 0 Å². The van der Waals surface area contributed by atoms with Crippen LogP contribution in [-0.2, 0) is 11.8 Å². The fraction of sp³-hybridized carbons (Fsp3) is 0.833. The van der Waals surface area contributed by atoms with E-state index in [1.54, 1.807) is 18.1 Å². The zero-order valence-electron chi connectivity index (χ0n) is 10.6. The van der Waals surface area contributed by atoms with Gasteiger partial charge in [0.1, 0.15) is 6.33 Å². The van der Waals surface area contributed by atoms with Crippen LogP contribution in [0.25, 0.3) is 0 Å². The van der Waals surface area contributed by atoms with E-state index in [0.29, 0.717) is 6.10 Å². The van der Waals surface area contributed by atoms with E-state index in [2.05, 4.69) is 17.1 Å².